The fraction of sp³-hybridized carbons (Fsp3) is 0.100. The molecule has 0 spiro atoms. The van der Waals surface area contributed by atoms with Crippen LogP contribution in [0.3, 0.4) is 0 Å². The van der Waals surface area contributed by atoms with Crippen LogP contribution >= 0.6 is 0 Å². The Labute approximate surface area is 171 Å². The number of aliphatic carboxylic acids is 1. The third kappa shape index (κ3) is 5.07. The smallest absolute Gasteiger partial charge is 0.475 e. The molecule has 0 unspecified atom stereocenters. The lowest BCUT2D eigenvalue weighted by molar-refractivity contribution is -0.192. The van der Waals surface area contributed by atoms with Gasteiger partial charge in [-0.25, -0.2) is 14.6 Å². The monoisotopic (exact) mass is 433 g/mol. The zero-order valence-corrected chi connectivity index (χ0v) is 15.8. The summed E-state index contributed by atoms with van der Waals surface area (Å²) in [6.45, 7) is 1.84. The van der Waals surface area contributed by atoms with E-state index >= 15 is 0 Å². The summed E-state index contributed by atoms with van der Waals surface area (Å²) in [7, 11) is 0. The minimum Gasteiger partial charge on any atom is -0.475 e. The Balaban J connectivity index is 0.000000339. The number of amides is 1. The highest BCUT2D eigenvalue weighted by atomic mass is 19.4. The van der Waals surface area contributed by atoms with Crippen molar-refractivity contribution in [2.75, 3.05) is 5.32 Å². The van der Waals surface area contributed by atoms with E-state index in [0.29, 0.717) is 16.8 Å². The number of aryl methyl sites for hydroxylation is 1. The van der Waals surface area contributed by atoms with Crippen LogP contribution in [0.2, 0.25) is 0 Å². The Bertz CT molecular complexity index is 1340. The molecule has 0 radical (unpaired) electrons. The number of aromatic nitrogens is 2. The first-order valence-electron chi connectivity index (χ1n) is 8.64. The first-order chi connectivity index (χ1) is 14.5. The van der Waals surface area contributed by atoms with Crippen molar-refractivity contribution in [1.82, 2.24) is 9.97 Å². The summed E-state index contributed by atoms with van der Waals surface area (Å²) in [4.78, 5) is 39.9. The van der Waals surface area contributed by atoms with E-state index in [1.165, 1.54) is 6.07 Å². The molecule has 2 heterocycles. The summed E-state index contributed by atoms with van der Waals surface area (Å²) in [6.07, 6.45) is -3.50. The molecule has 2 aromatic heterocycles. The fourth-order valence-corrected chi connectivity index (χ4v) is 2.68. The quantitative estimate of drug-likeness (QED) is 0.412. The number of alkyl halides is 3. The molecule has 31 heavy (non-hydrogen) atoms. The molecule has 2 aromatic carbocycles. The Morgan fingerprint density at radius 2 is 1.84 bits per heavy atom. The van der Waals surface area contributed by atoms with Crippen molar-refractivity contribution in [3.8, 4) is 0 Å². The lowest BCUT2D eigenvalue weighted by Crippen LogP contribution is -2.21. The van der Waals surface area contributed by atoms with Crippen molar-refractivity contribution in [2.24, 2.45) is 0 Å². The molecule has 4 aromatic rings. The molecule has 0 fully saturated rings. The number of fused-ring (bicyclic) bond motifs is 2. The van der Waals surface area contributed by atoms with Gasteiger partial charge >= 0.3 is 17.8 Å². The van der Waals surface area contributed by atoms with Gasteiger partial charge in [0.2, 0.25) is 0 Å². The second-order valence-electron chi connectivity index (χ2n) is 6.35. The van der Waals surface area contributed by atoms with Gasteiger partial charge in [-0.15, -0.1) is 0 Å². The second kappa shape index (κ2) is 8.30. The number of benzene rings is 2. The molecule has 0 aliphatic carbocycles. The number of halogens is 3. The van der Waals surface area contributed by atoms with E-state index in [2.05, 4.69) is 15.3 Å². The maximum Gasteiger partial charge on any atom is 0.490 e. The zero-order chi connectivity index (χ0) is 22.8. The van der Waals surface area contributed by atoms with E-state index in [4.69, 9.17) is 14.3 Å². The van der Waals surface area contributed by atoms with Crippen LogP contribution in [0.5, 0.6) is 0 Å². The van der Waals surface area contributed by atoms with E-state index in [-0.39, 0.29) is 5.91 Å². The fourth-order valence-electron chi connectivity index (χ4n) is 2.68. The molecule has 1 amide bonds. The molecule has 0 bridgehead atoms. The summed E-state index contributed by atoms with van der Waals surface area (Å²) >= 11 is 0. The molecule has 0 aliphatic heterocycles. The topological polar surface area (TPSA) is 125 Å². The lowest BCUT2D eigenvalue weighted by Gasteiger charge is -2.07. The van der Waals surface area contributed by atoms with E-state index in [0.717, 1.165) is 22.0 Å². The van der Waals surface area contributed by atoms with Crippen molar-refractivity contribution in [3.63, 3.8) is 0 Å². The minimum atomic E-state index is -5.08. The van der Waals surface area contributed by atoms with Crippen LogP contribution in [0.1, 0.15) is 15.9 Å². The normalized spacial score (nSPS) is 11.1. The average Bonchev–Trinajstić information content (AvgIpc) is 3.15. The van der Waals surface area contributed by atoms with Gasteiger partial charge < -0.3 is 19.8 Å². The summed E-state index contributed by atoms with van der Waals surface area (Å²) in [6, 6.07) is 11.9. The van der Waals surface area contributed by atoms with Gasteiger partial charge in [0.05, 0.1) is 17.4 Å². The lowest BCUT2D eigenvalue weighted by atomic mass is 10.1. The number of carboxylic acid groups (broad SMARTS) is 1. The molecular weight excluding hydrogens is 419 g/mol. The molecule has 0 aliphatic rings. The maximum atomic E-state index is 12.4. The summed E-state index contributed by atoms with van der Waals surface area (Å²) in [5.41, 5.74) is 3.54. The minimum absolute atomic E-state index is 0.249. The zero-order valence-electron chi connectivity index (χ0n) is 15.8. The third-order valence-electron chi connectivity index (χ3n) is 4.13. The van der Waals surface area contributed by atoms with Crippen molar-refractivity contribution in [1.29, 1.82) is 0 Å². The molecule has 0 saturated carbocycles. The van der Waals surface area contributed by atoms with Gasteiger partial charge in [-0.1, -0.05) is 0 Å². The van der Waals surface area contributed by atoms with Gasteiger partial charge in [-0.3, -0.25) is 4.79 Å². The number of imidazole rings is 1. The predicted octanol–water partition coefficient (Wildman–Crippen LogP) is 3.86. The molecular formula is C20H14F3N3O5. The number of carbonyl (C=O) groups is 2. The van der Waals surface area contributed by atoms with Crippen LogP contribution in [0.4, 0.5) is 18.9 Å². The van der Waals surface area contributed by atoms with Gasteiger partial charge in [0, 0.05) is 28.8 Å². The highest BCUT2D eigenvalue weighted by Gasteiger charge is 2.38. The van der Waals surface area contributed by atoms with E-state index in [1.54, 1.807) is 36.7 Å². The van der Waals surface area contributed by atoms with Crippen molar-refractivity contribution < 1.29 is 32.3 Å². The number of nitrogens with one attached hydrogen (secondary N) is 2. The Kier molecular flexibility index (Phi) is 5.77. The van der Waals surface area contributed by atoms with E-state index < -0.39 is 17.8 Å². The second-order valence-corrected chi connectivity index (χ2v) is 6.35. The Hall–Kier alpha value is -4.15. The number of H-pyrrole nitrogens is 1. The van der Waals surface area contributed by atoms with E-state index in [1.807, 2.05) is 13.0 Å². The average molecular weight is 433 g/mol. The van der Waals surface area contributed by atoms with Crippen LogP contribution in [-0.4, -0.2) is 33.1 Å². The number of anilines is 1. The number of carbonyl (C=O) groups excluding carboxylic acids is 1. The number of hydrogen-bond donors (Lipinski definition) is 3. The largest absolute Gasteiger partial charge is 0.490 e. The van der Waals surface area contributed by atoms with Crippen LogP contribution in [0.15, 0.2) is 58.0 Å². The number of carboxylic acids is 1. The number of nitrogens with zero attached hydrogens (tertiary/aromatic N) is 1. The van der Waals surface area contributed by atoms with Gasteiger partial charge in [0.25, 0.3) is 5.91 Å². The van der Waals surface area contributed by atoms with E-state index in [9.17, 15) is 22.8 Å². The summed E-state index contributed by atoms with van der Waals surface area (Å²) < 4.78 is 36.9. The van der Waals surface area contributed by atoms with Crippen LogP contribution in [-0.2, 0) is 4.79 Å². The van der Waals surface area contributed by atoms with Crippen molar-refractivity contribution in [3.05, 3.63) is 70.3 Å². The highest BCUT2D eigenvalue weighted by molar-refractivity contribution is 6.06. The first kappa shape index (κ1) is 21.6. The molecule has 160 valence electrons. The van der Waals surface area contributed by atoms with Crippen LogP contribution in [0, 0.1) is 6.92 Å². The maximum absolute atomic E-state index is 12.4. The van der Waals surface area contributed by atoms with Crippen molar-refractivity contribution >= 4 is 39.6 Å². The predicted molar refractivity (Wildman–Crippen MR) is 105 cm³/mol. The highest BCUT2D eigenvalue weighted by Crippen LogP contribution is 2.21. The number of aromatic amines is 1. The molecule has 0 saturated heterocycles. The van der Waals surface area contributed by atoms with Gasteiger partial charge in [-0.2, -0.15) is 13.2 Å². The summed E-state index contributed by atoms with van der Waals surface area (Å²) in [5, 5.41) is 10.8. The van der Waals surface area contributed by atoms with Crippen molar-refractivity contribution in [2.45, 2.75) is 13.1 Å². The molecule has 11 heteroatoms. The Morgan fingerprint density at radius 1 is 1.13 bits per heavy atom. The van der Waals surface area contributed by atoms with Crippen LogP contribution in [0.25, 0.3) is 22.0 Å². The van der Waals surface area contributed by atoms with Gasteiger partial charge in [0.15, 0.2) is 0 Å². The Morgan fingerprint density at radius 3 is 2.52 bits per heavy atom. The molecule has 0 atom stereocenters. The molecule has 3 N–H and O–H groups in total. The number of rotatable bonds is 2. The third-order valence-corrected chi connectivity index (χ3v) is 4.13. The first-order valence-corrected chi connectivity index (χ1v) is 8.64. The number of hydrogen-bond acceptors (Lipinski definition) is 5. The summed E-state index contributed by atoms with van der Waals surface area (Å²) in [5.74, 6) is -3.01. The standard InChI is InChI=1S/C18H13N3O3.C2HF3O2/c1-10-6-17(22)24-16-8-12(3-4-13(10)16)21-18(23)11-2-5-14-15(7-11)20-9-19-14;3-2(4,5)1(6)7/h2-9H,1H3,(H,19,20)(H,21,23);(H,6,7). The SMILES string of the molecule is Cc1cc(=O)oc2cc(NC(=O)c3ccc4nc[nH]c4c3)ccc12.O=C(O)C(F)(F)F. The molecule has 4 rings (SSSR count). The van der Waals surface area contributed by atoms with Gasteiger partial charge in [0.1, 0.15) is 5.58 Å². The van der Waals surface area contributed by atoms with Crippen LogP contribution < -0.4 is 10.9 Å². The molecule has 8 nitrogen and oxygen atoms in total. The van der Waals surface area contributed by atoms with Gasteiger partial charge in [-0.05, 0) is 42.8 Å².